The van der Waals surface area contributed by atoms with Gasteiger partial charge >= 0.3 is 0 Å². The Kier molecular flexibility index (Phi) is 4.71. The van der Waals surface area contributed by atoms with Crippen LogP contribution in [0.3, 0.4) is 0 Å². The van der Waals surface area contributed by atoms with E-state index in [2.05, 4.69) is 6.07 Å². The molecule has 0 saturated carbocycles. The molecule has 11 heavy (non-hydrogen) atoms. The predicted octanol–water partition coefficient (Wildman–Crippen LogP) is 1.67. The topological polar surface area (TPSA) is 40.9 Å². The van der Waals surface area contributed by atoms with Crippen molar-refractivity contribution in [1.29, 1.82) is 5.26 Å². The van der Waals surface area contributed by atoms with Crippen LogP contribution in [-0.4, -0.2) is 21.1 Å². The molecule has 0 N–H and O–H groups in total. The van der Waals surface area contributed by atoms with E-state index in [1.165, 1.54) is 0 Å². The maximum atomic E-state index is 11.0. The van der Waals surface area contributed by atoms with E-state index in [4.69, 9.17) is 16.9 Å². The van der Waals surface area contributed by atoms with Gasteiger partial charge in [-0.25, -0.2) is 0 Å². The van der Waals surface area contributed by atoms with Crippen molar-refractivity contribution < 1.29 is 4.21 Å². The number of nitrogens with zero attached hydrogens (tertiary/aromatic N) is 1. The molecule has 4 heteroatoms. The second-order valence-corrected chi connectivity index (χ2v) is 4.78. The van der Waals surface area contributed by atoms with Crippen molar-refractivity contribution in [2.45, 2.75) is 24.5 Å². The maximum Gasteiger partial charge on any atom is 0.129 e. The fraction of sp³-hybridized carbons (Fsp3) is 0.857. The average Bonchev–Trinajstić information content (AvgIpc) is 2.00. The highest BCUT2D eigenvalue weighted by Gasteiger charge is 2.27. The summed E-state index contributed by atoms with van der Waals surface area (Å²) in [7, 11) is -1.09. The van der Waals surface area contributed by atoms with Crippen LogP contribution >= 0.6 is 11.6 Å². The second-order valence-electron chi connectivity index (χ2n) is 2.59. The summed E-state index contributed by atoms with van der Waals surface area (Å²) in [6, 6.07) is 2.05. The quantitative estimate of drug-likeness (QED) is 0.638. The molecule has 0 aliphatic heterocycles. The average molecular weight is 194 g/mol. The molecule has 0 aromatic carbocycles. The summed E-state index contributed by atoms with van der Waals surface area (Å²) < 4.78 is 10.3. The van der Waals surface area contributed by atoms with E-state index in [1.807, 2.05) is 0 Å². The van der Waals surface area contributed by atoms with Crippen LogP contribution in [0.5, 0.6) is 0 Å². The van der Waals surface area contributed by atoms with Crippen molar-refractivity contribution in [3.8, 4) is 6.07 Å². The standard InChI is InChI=1S/C7H12ClNOS/c1-7(6-9,11(2)10)4-3-5-8/h3-5H2,1-2H3/t7-,11+/m0/s1. The monoisotopic (exact) mass is 193 g/mol. The summed E-state index contributed by atoms with van der Waals surface area (Å²) in [5.41, 5.74) is 0. The van der Waals surface area contributed by atoms with Crippen molar-refractivity contribution in [2.75, 3.05) is 12.1 Å². The lowest BCUT2D eigenvalue weighted by atomic mass is 10.1. The highest BCUT2D eigenvalue weighted by atomic mass is 35.5. The fourth-order valence-corrected chi connectivity index (χ4v) is 1.36. The molecule has 64 valence electrons. The van der Waals surface area contributed by atoms with E-state index in [-0.39, 0.29) is 0 Å². The Morgan fingerprint density at radius 1 is 1.73 bits per heavy atom. The first-order valence-electron chi connectivity index (χ1n) is 3.37. The molecule has 0 bridgehead atoms. The minimum absolute atomic E-state index is 0.522. The lowest BCUT2D eigenvalue weighted by Gasteiger charge is -2.16. The number of rotatable bonds is 4. The molecule has 2 nitrogen and oxygen atoms in total. The van der Waals surface area contributed by atoms with E-state index in [1.54, 1.807) is 13.2 Å². The van der Waals surface area contributed by atoms with E-state index < -0.39 is 15.5 Å². The molecule has 0 amide bonds. The zero-order valence-corrected chi connectivity index (χ0v) is 8.34. The van der Waals surface area contributed by atoms with Gasteiger partial charge in [0.05, 0.1) is 6.07 Å². The Balaban J connectivity index is 4.14. The molecule has 0 aromatic heterocycles. The molecule has 0 aliphatic rings. The van der Waals surface area contributed by atoms with Gasteiger partial charge in [-0.2, -0.15) is 5.26 Å². The molecule has 0 aromatic rings. The van der Waals surface area contributed by atoms with Crippen LogP contribution in [0.15, 0.2) is 0 Å². The van der Waals surface area contributed by atoms with Crippen LogP contribution in [0.25, 0.3) is 0 Å². The van der Waals surface area contributed by atoms with Gasteiger partial charge in [-0.1, -0.05) is 0 Å². The number of nitriles is 1. The van der Waals surface area contributed by atoms with Crippen molar-refractivity contribution in [3.05, 3.63) is 0 Å². The minimum atomic E-state index is -1.09. The van der Waals surface area contributed by atoms with Crippen molar-refractivity contribution >= 4 is 22.4 Å². The van der Waals surface area contributed by atoms with Gasteiger partial charge in [0.25, 0.3) is 0 Å². The third-order valence-electron chi connectivity index (χ3n) is 1.66. The van der Waals surface area contributed by atoms with Crippen LogP contribution < -0.4 is 0 Å². The summed E-state index contributed by atoms with van der Waals surface area (Å²) >= 11 is 5.46. The molecule has 0 heterocycles. The van der Waals surface area contributed by atoms with Crippen LogP contribution in [0.1, 0.15) is 19.8 Å². The molecule has 0 unspecified atom stereocenters. The summed E-state index contributed by atoms with van der Waals surface area (Å²) in [4.78, 5) is 0. The smallest absolute Gasteiger partial charge is 0.129 e. The van der Waals surface area contributed by atoms with Gasteiger partial charge in [0.2, 0.25) is 0 Å². The van der Waals surface area contributed by atoms with Gasteiger partial charge in [0, 0.05) is 22.9 Å². The lowest BCUT2D eigenvalue weighted by Crippen LogP contribution is -2.27. The van der Waals surface area contributed by atoms with Gasteiger partial charge in [-0.3, -0.25) is 4.21 Å². The van der Waals surface area contributed by atoms with Gasteiger partial charge in [-0.05, 0) is 19.8 Å². The van der Waals surface area contributed by atoms with Crippen LogP contribution in [-0.2, 0) is 10.8 Å². The zero-order chi connectivity index (χ0) is 8.91. The first-order chi connectivity index (χ1) is 5.06. The molecule has 0 saturated heterocycles. The SMILES string of the molecule is C[S@@](=O)[C@](C)(C#N)CCCCl. The number of hydrogen-bond acceptors (Lipinski definition) is 2. The molecule has 0 aliphatic carbocycles. The Hall–Kier alpha value is -0.0700. The van der Waals surface area contributed by atoms with Crippen molar-refractivity contribution in [3.63, 3.8) is 0 Å². The molecule has 0 radical (unpaired) electrons. The minimum Gasteiger partial charge on any atom is -0.258 e. The number of halogens is 1. The Morgan fingerprint density at radius 2 is 2.27 bits per heavy atom. The molecule has 0 spiro atoms. The molecule has 2 atom stereocenters. The van der Waals surface area contributed by atoms with E-state index >= 15 is 0 Å². The first kappa shape index (κ1) is 10.9. The normalized spacial score (nSPS) is 18.4. The highest BCUT2D eigenvalue weighted by Crippen LogP contribution is 2.18. The molecular weight excluding hydrogens is 182 g/mol. The molecule has 0 rings (SSSR count). The predicted molar refractivity (Wildman–Crippen MR) is 48.0 cm³/mol. The van der Waals surface area contributed by atoms with Gasteiger partial charge in [0.15, 0.2) is 0 Å². The summed E-state index contributed by atoms with van der Waals surface area (Å²) in [5.74, 6) is 0.522. The maximum absolute atomic E-state index is 11.0. The lowest BCUT2D eigenvalue weighted by molar-refractivity contribution is 0.630. The fourth-order valence-electron chi connectivity index (χ4n) is 0.668. The third kappa shape index (κ3) is 3.22. The Labute approximate surface area is 75.0 Å². The zero-order valence-electron chi connectivity index (χ0n) is 6.76. The number of alkyl halides is 1. The highest BCUT2D eigenvalue weighted by molar-refractivity contribution is 7.86. The second kappa shape index (κ2) is 4.74. The summed E-state index contributed by atoms with van der Waals surface area (Å²) in [5, 5.41) is 8.70. The van der Waals surface area contributed by atoms with Gasteiger partial charge in [0.1, 0.15) is 4.75 Å². The van der Waals surface area contributed by atoms with E-state index in [0.29, 0.717) is 12.3 Å². The van der Waals surface area contributed by atoms with Gasteiger partial charge in [-0.15, -0.1) is 11.6 Å². The van der Waals surface area contributed by atoms with Crippen molar-refractivity contribution in [2.24, 2.45) is 0 Å². The Morgan fingerprint density at radius 3 is 2.55 bits per heavy atom. The third-order valence-corrected chi connectivity index (χ3v) is 3.49. The van der Waals surface area contributed by atoms with Crippen LogP contribution in [0, 0.1) is 11.3 Å². The summed E-state index contributed by atoms with van der Waals surface area (Å²) in [6.45, 7) is 1.70. The van der Waals surface area contributed by atoms with E-state index in [0.717, 1.165) is 6.42 Å². The van der Waals surface area contributed by atoms with Crippen LogP contribution in [0.2, 0.25) is 0 Å². The summed E-state index contributed by atoms with van der Waals surface area (Å²) in [6.07, 6.45) is 2.90. The Bertz CT molecular complexity index is 189. The molecular formula is C7H12ClNOS. The van der Waals surface area contributed by atoms with Crippen molar-refractivity contribution in [1.82, 2.24) is 0 Å². The first-order valence-corrected chi connectivity index (χ1v) is 5.47. The van der Waals surface area contributed by atoms with E-state index in [9.17, 15) is 4.21 Å². The molecule has 0 fully saturated rings. The number of hydrogen-bond donors (Lipinski definition) is 0. The van der Waals surface area contributed by atoms with Crippen LogP contribution in [0.4, 0.5) is 0 Å². The largest absolute Gasteiger partial charge is 0.258 e. The van der Waals surface area contributed by atoms with Gasteiger partial charge < -0.3 is 0 Å².